The summed E-state index contributed by atoms with van der Waals surface area (Å²) >= 11 is 1.70. The van der Waals surface area contributed by atoms with Crippen LogP contribution in [0.25, 0.3) is 0 Å². The van der Waals surface area contributed by atoms with Crippen LogP contribution in [0, 0.1) is 5.92 Å². The molecular formula is C15H25BN2O2S. The summed E-state index contributed by atoms with van der Waals surface area (Å²) in [6.45, 7) is 12.8. The molecule has 21 heavy (non-hydrogen) atoms. The number of hydrogen-bond donors (Lipinski definition) is 0. The summed E-state index contributed by atoms with van der Waals surface area (Å²) in [4.78, 5) is 7.17. The van der Waals surface area contributed by atoms with Crippen LogP contribution in [-0.2, 0) is 9.31 Å². The Morgan fingerprint density at radius 1 is 1.29 bits per heavy atom. The highest BCUT2D eigenvalue weighted by Crippen LogP contribution is 2.36. The molecule has 4 nitrogen and oxygen atoms in total. The van der Waals surface area contributed by atoms with Crippen LogP contribution in [0.15, 0.2) is 5.38 Å². The number of hydrogen-bond acceptors (Lipinski definition) is 5. The normalized spacial score (nSPS) is 28.1. The molecule has 1 unspecified atom stereocenters. The summed E-state index contributed by atoms with van der Waals surface area (Å²) in [5.74, 6) is 0.753. The molecule has 2 fully saturated rings. The van der Waals surface area contributed by atoms with Gasteiger partial charge in [-0.05, 0) is 46.5 Å². The highest BCUT2D eigenvalue weighted by molar-refractivity contribution is 7.14. The number of rotatable bonds is 2. The van der Waals surface area contributed by atoms with Gasteiger partial charge in [0.05, 0.1) is 16.8 Å². The van der Waals surface area contributed by atoms with Crippen LogP contribution >= 0.6 is 11.3 Å². The second kappa shape index (κ2) is 5.25. The van der Waals surface area contributed by atoms with E-state index in [9.17, 15) is 0 Å². The van der Waals surface area contributed by atoms with Gasteiger partial charge in [-0.25, -0.2) is 4.98 Å². The van der Waals surface area contributed by atoms with E-state index in [4.69, 9.17) is 14.3 Å². The molecule has 1 aromatic rings. The topological polar surface area (TPSA) is 34.6 Å². The van der Waals surface area contributed by atoms with Gasteiger partial charge < -0.3 is 14.2 Å². The van der Waals surface area contributed by atoms with Gasteiger partial charge in [-0.2, -0.15) is 0 Å². The third-order valence-electron chi connectivity index (χ3n) is 4.93. The number of aromatic nitrogens is 1. The van der Waals surface area contributed by atoms with Crippen LogP contribution in [0.2, 0.25) is 0 Å². The lowest BCUT2D eigenvalue weighted by molar-refractivity contribution is 0.00578. The summed E-state index contributed by atoms with van der Waals surface area (Å²) in [6.07, 6.45) is 2.58. The highest BCUT2D eigenvalue weighted by Gasteiger charge is 2.52. The Morgan fingerprint density at radius 3 is 2.57 bits per heavy atom. The van der Waals surface area contributed by atoms with Gasteiger partial charge in [0.25, 0.3) is 0 Å². The Kier molecular flexibility index (Phi) is 3.83. The lowest BCUT2D eigenvalue weighted by atomic mass is 9.86. The first-order valence-corrected chi connectivity index (χ1v) is 8.72. The molecule has 0 aliphatic carbocycles. The van der Waals surface area contributed by atoms with Crippen LogP contribution in [0.1, 0.15) is 47.5 Å². The van der Waals surface area contributed by atoms with Crippen molar-refractivity contribution in [2.75, 3.05) is 18.0 Å². The zero-order valence-corrected chi connectivity index (χ0v) is 14.5. The standard InChI is InChI=1S/C15H25BN2O2S/c1-11-7-6-8-18(9-11)13-17-12(10-21-13)16-19-14(2,3)15(4,5)20-16/h10-11H,6-9H2,1-5H3. The SMILES string of the molecule is CC1CCCN(c2nc(B3OC(C)(C)C(C)(C)O3)cs2)C1. The molecule has 0 amide bonds. The van der Waals surface area contributed by atoms with Crippen molar-refractivity contribution in [1.82, 2.24) is 4.98 Å². The number of piperidine rings is 1. The summed E-state index contributed by atoms with van der Waals surface area (Å²) < 4.78 is 12.2. The van der Waals surface area contributed by atoms with E-state index >= 15 is 0 Å². The van der Waals surface area contributed by atoms with Gasteiger partial charge in [0.15, 0.2) is 5.13 Å². The van der Waals surface area contributed by atoms with Gasteiger partial charge in [0.1, 0.15) is 0 Å². The van der Waals surface area contributed by atoms with Crippen molar-refractivity contribution in [2.24, 2.45) is 5.92 Å². The molecule has 2 aliphatic rings. The fourth-order valence-corrected chi connectivity index (χ4v) is 3.72. The van der Waals surface area contributed by atoms with Crippen molar-refractivity contribution in [3.05, 3.63) is 5.38 Å². The smallest absolute Gasteiger partial charge is 0.398 e. The lowest BCUT2D eigenvalue weighted by Crippen LogP contribution is -2.41. The maximum Gasteiger partial charge on any atom is 0.515 e. The van der Waals surface area contributed by atoms with Gasteiger partial charge >= 0.3 is 7.12 Å². The first-order valence-electron chi connectivity index (χ1n) is 7.84. The Labute approximate surface area is 132 Å². The maximum absolute atomic E-state index is 6.08. The van der Waals surface area contributed by atoms with Crippen LogP contribution in [0.5, 0.6) is 0 Å². The quantitative estimate of drug-likeness (QED) is 0.787. The minimum absolute atomic E-state index is 0.304. The van der Waals surface area contributed by atoms with Crippen LogP contribution in [-0.4, -0.2) is 36.4 Å². The van der Waals surface area contributed by atoms with E-state index in [1.54, 1.807) is 11.3 Å². The summed E-state index contributed by atoms with van der Waals surface area (Å²) in [5.41, 5.74) is 0.300. The fraction of sp³-hybridized carbons (Fsp3) is 0.800. The van der Waals surface area contributed by atoms with Crippen molar-refractivity contribution in [3.63, 3.8) is 0 Å². The van der Waals surface area contributed by atoms with Crippen molar-refractivity contribution >= 4 is 29.2 Å². The molecule has 116 valence electrons. The minimum Gasteiger partial charge on any atom is -0.398 e. The van der Waals surface area contributed by atoms with Crippen molar-refractivity contribution in [3.8, 4) is 0 Å². The van der Waals surface area contributed by atoms with E-state index < -0.39 is 0 Å². The zero-order chi connectivity index (χ0) is 15.3. The Balaban J connectivity index is 1.74. The molecular weight excluding hydrogens is 283 g/mol. The van der Waals surface area contributed by atoms with E-state index in [0.29, 0.717) is 0 Å². The summed E-state index contributed by atoms with van der Waals surface area (Å²) in [7, 11) is -0.345. The number of thiazole rings is 1. The van der Waals surface area contributed by atoms with E-state index in [1.165, 1.54) is 12.8 Å². The van der Waals surface area contributed by atoms with Crippen LogP contribution in [0.3, 0.4) is 0 Å². The summed E-state index contributed by atoms with van der Waals surface area (Å²) in [5, 5.41) is 3.18. The van der Waals surface area contributed by atoms with Crippen molar-refractivity contribution < 1.29 is 9.31 Å². The Bertz CT molecular complexity index is 502. The molecule has 0 spiro atoms. The zero-order valence-electron chi connectivity index (χ0n) is 13.7. The molecule has 3 heterocycles. The predicted molar refractivity (Wildman–Crippen MR) is 88.4 cm³/mol. The molecule has 1 aromatic heterocycles. The molecule has 1 atom stereocenters. The largest absolute Gasteiger partial charge is 0.515 e. The molecule has 2 aliphatic heterocycles. The van der Waals surface area contributed by atoms with Crippen molar-refractivity contribution in [2.45, 2.75) is 58.7 Å². The van der Waals surface area contributed by atoms with Crippen LogP contribution < -0.4 is 10.5 Å². The molecule has 6 heteroatoms. The third kappa shape index (κ3) is 2.85. The van der Waals surface area contributed by atoms with Gasteiger partial charge in [-0.1, -0.05) is 6.92 Å². The lowest BCUT2D eigenvalue weighted by Gasteiger charge is -2.32. The molecule has 2 saturated heterocycles. The molecule has 0 radical (unpaired) electrons. The molecule has 0 N–H and O–H groups in total. The summed E-state index contributed by atoms with van der Waals surface area (Å²) in [6, 6.07) is 0. The van der Waals surface area contributed by atoms with Gasteiger partial charge in [0, 0.05) is 18.5 Å². The Hall–Kier alpha value is -0.585. The first kappa shape index (κ1) is 15.3. The van der Waals surface area contributed by atoms with E-state index in [2.05, 4.69) is 44.9 Å². The molecule has 0 saturated carbocycles. The van der Waals surface area contributed by atoms with E-state index in [1.807, 2.05) is 0 Å². The predicted octanol–water partition coefficient (Wildman–Crippen LogP) is 2.68. The second-order valence-corrected chi connectivity index (χ2v) is 8.17. The van der Waals surface area contributed by atoms with Gasteiger partial charge in [-0.3, -0.25) is 0 Å². The maximum atomic E-state index is 6.08. The highest BCUT2D eigenvalue weighted by atomic mass is 32.1. The fourth-order valence-electron chi connectivity index (χ4n) is 2.86. The molecule has 0 bridgehead atoms. The third-order valence-corrected chi connectivity index (χ3v) is 5.85. The van der Waals surface area contributed by atoms with Crippen LogP contribution in [0.4, 0.5) is 5.13 Å². The minimum atomic E-state index is -0.345. The van der Waals surface area contributed by atoms with Gasteiger partial charge in [0.2, 0.25) is 0 Å². The number of nitrogens with zero attached hydrogens (tertiary/aromatic N) is 2. The number of anilines is 1. The van der Waals surface area contributed by atoms with E-state index in [0.717, 1.165) is 29.7 Å². The Morgan fingerprint density at radius 2 is 1.95 bits per heavy atom. The monoisotopic (exact) mass is 308 g/mol. The van der Waals surface area contributed by atoms with Crippen molar-refractivity contribution in [1.29, 1.82) is 0 Å². The molecule has 3 rings (SSSR count). The van der Waals surface area contributed by atoms with E-state index in [-0.39, 0.29) is 18.3 Å². The second-order valence-electron chi connectivity index (χ2n) is 7.34. The average molecular weight is 308 g/mol. The average Bonchev–Trinajstić information content (AvgIpc) is 2.93. The van der Waals surface area contributed by atoms with Gasteiger partial charge in [-0.15, -0.1) is 11.3 Å². The molecule has 0 aromatic carbocycles. The first-order chi connectivity index (χ1) is 9.78.